The molecule has 0 bridgehead atoms. The first-order valence-corrected chi connectivity index (χ1v) is 12.2. The maximum atomic E-state index is 13.5. The average Bonchev–Trinajstić information content (AvgIpc) is 3.18. The van der Waals surface area contributed by atoms with Crippen molar-refractivity contribution < 1.29 is 19.1 Å². The van der Waals surface area contributed by atoms with E-state index in [0.29, 0.717) is 16.9 Å². The lowest BCUT2D eigenvalue weighted by Gasteiger charge is -2.27. The normalized spacial score (nSPS) is 13.8. The summed E-state index contributed by atoms with van der Waals surface area (Å²) >= 11 is 0. The summed E-state index contributed by atoms with van der Waals surface area (Å²) in [7, 11) is 0. The molecule has 5 nitrogen and oxygen atoms in total. The van der Waals surface area contributed by atoms with Crippen LogP contribution in [0.15, 0.2) is 109 Å². The molecule has 0 saturated carbocycles. The molecule has 0 aliphatic carbocycles. The summed E-state index contributed by atoms with van der Waals surface area (Å²) in [5.41, 5.74) is 3.42. The van der Waals surface area contributed by atoms with E-state index < -0.39 is 23.8 Å². The van der Waals surface area contributed by atoms with Crippen LogP contribution < -0.4 is 4.74 Å². The molecule has 5 heteroatoms. The number of carbonyl (C=O) groups excluding carboxylic acids is 3. The zero-order valence-corrected chi connectivity index (χ0v) is 20.8. The van der Waals surface area contributed by atoms with E-state index in [1.807, 2.05) is 60.7 Å². The molecule has 1 aliphatic rings. The van der Waals surface area contributed by atoms with Gasteiger partial charge in [0.15, 0.2) is 0 Å². The minimum atomic E-state index is -1.10. The molecule has 4 aromatic carbocycles. The Bertz CT molecular complexity index is 1410. The molecule has 0 saturated heterocycles. The van der Waals surface area contributed by atoms with E-state index in [4.69, 9.17) is 4.74 Å². The fourth-order valence-corrected chi connectivity index (χ4v) is 4.75. The molecule has 0 fully saturated rings. The Kier molecular flexibility index (Phi) is 6.45. The molecule has 4 aromatic rings. The van der Waals surface area contributed by atoms with Crippen molar-refractivity contribution in [3.8, 4) is 5.75 Å². The lowest BCUT2D eigenvalue weighted by Crippen LogP contribution is -2.48. The number of rotatable bonds is 7. The van der Waals surface area contributed by atoms with Crippen molar-refractivity contribution in [1.29, 1.82) is 0 Å². The fraction of sp³-hybridized carbons (Fsp3) is 0.156. The molecule has 0 spiro atoms. The third-order valence-electron chi connectivity index (χ3n) is 6.97. The number of ether oxygens (including phenoxy) is 1. The van der Waals surface area contributed by atoms with Gasteiger partial charge >= 0.3 is 5.97 Å². The number of hydrogen-bond acceptors (Lipinski definition) is 4. The number of carbonyl (C=O) groups is 3. The number of hydrogen-bond donors (Lipinski definition) is 0. The smallest absolute Gasteiger partial charge is 0.335 e. The average molecular weight is 490 g/mol. The molecular formula is C32H27NO4. The van der Waals surface area contributed by atoms with Crippen LogP contribution in [-0.2, 0) is 16.6 Å². The summed E-state index contributed by atoms with van der Waals surface area (Å²) in [5, 5.41) is 0. The van der Waals surface area contributed by atoms with Crippen molar-refractivity contribution >= 4 is 17.8 Å². The van der Waals surface area contributed by atoms with E-state index in [0.717, 1.165) is 16.0 Å². The van der Waals surface area contributed by atoms with Crippen LogP contribution in [0.4, 0.5) is 0 Å². The second-order valence-electron chi connectivity index (χ2n) is 9.67. The molecule has 1 atom stereocenters. The van der Waals surface area contributed by atoms with Crippen molar-refractivity contribution in [2.24, 2.45) is 0 Å². The van der Waals surface area contributed by atoms with Crippen LogP contribution in [0.3, 0.4) is 0 Å². The van der Waals surface area contributed by atoms with Gasteiger partial charge in [0.05, 0.1) is 11.1 Å². The maximum Gasteiger partial charge on any atom is 0.335 e. The standard InChI is InChI=1S/C32H27NO4/c1-32(2,23-13-7-4-8-14-23)24-17-19-25(20-18-24)37-31(36)28(21-22-11-5-3-6-12-22)33-29(34)26-15-9-10-16-27(26)30(33)35/h3-20,28H,21H2,1-2H3. The number of nitrogens with zero attached hydrogens (tertiary/aromatic N) is 1. The molecule has 0 radical (unpaired) electrons. The highest BCUT2D eigenvalue weighted by Crippen LogP contribution is 2.33. The predicted octanol–water partition coefficient (Wildman–Crippen LogP) is 5.83. The molecular weight excluding hydrogens is 462 g/mol. The molecule has 0 aromatic heterocycles. The number of imide groups is 1. The van der Waals surface area contributed by atoms with Crippen LogP contribution in [0.25, 0.3) is 0 Å². The van der Waals surface area contributed by atoms with Gasteiger partial charge in [-0.3, -0.25) is 14.5 Å². The largest absolute Gasteiger partial charge is 0.425 e. The Morgan fingerprint density at radius 1 is 0.703 bits per heavy atom. The number of esters is 1. The zero-order valence-electron chi connectivity index (χ0n) is 20.8. The summed E-state index contributed by atoms with van der Waals surface area (Å²) < 4.78 is 5.74. The van der Waals surface area contributed by atoms with Gasteiger partial charge in [0, 0.05) is 11.8 Å². The highest BCUT2D eigenvalue weighted by Gasteiger charge is 2.43. The van der Waals surface area contributed by atoms with Gasteiger partial charge in [-0.05, 0) is 41.0 Å². The summed E-state index contributed by atoms with van der Waals surface area (Å²) in [6.07, 6.45) is 0.157. The summed E-state index contributed by atoms with van der Waals surface area (Å²) in [6.45, 7) is 4.28. The molecule has 1 unspecified atom stereocenters. The van der Waals surface area contributed by atoms with Crippen molar-refractivity contribution in [2.45, 2.75) is 31.7 Å². The van der Waals surface area contributed by atoms with E-state index in [9.17, 15) is 14.4 Å². The van der Waals surface area contributed by atoms with Gasteiger partial charge in [-0.1, -0.05) is 98.8 Å². The van der Waals surface area contributed by atoms with Gasteiger partial charge in [-0.25, -0.2) is 4.79 Å². The molecule has 37 heavy (non-hydrogen) atoms. The van der Waals surface area contributed by atoms with Gasteiger partial charge in [0.25, 0.3) is 11.8 Å². The SMILES string of the molecule is CC(C)(c1ccccc1)c1ccc(OC(=O)C(Cc2ccccc2)N2C(=O)c3ccccc3C2=O)cc1. The molecule has 5 rings (SSSR count). The predicted molar refractivity (Wildman–Crippen MR) is 142 cm³/mol. The Hall–Kier alpha value is -4.51. The number of benzene rings is 4. The van der Waals surface area contributed by atoms with Gasteiger partial charge in [-0.15, -0.1) is 0 Å². The minimum Gasteiger partial charge on any atom is -0.425 e. The monoisotopic (exact) mass is 489 g/mol. The highest BCUT2D eigenvalue weighted by molar-refractivity contribution is 6.22. The second kappa shape index (κ2) is 9.86. The minimum absolute atomic E-state index is 0.157. The molecule has 2 amide bonds. The highest BCUT2D eigenvalue weighted by atomic mass is 16.5. The van der Waals surface area contributed by atoms with Crippen molar-refractivity contribution in [3.05, 3.63) is 137 Å². The molecule has 1 heterocycles. The lowest BCUT2D eigenvalue weighted by molar-refractivity contribution is -0.138. The van der Waals surface area contributed by atoms with E-state index in [1.54, 1.807) is 36.4 Å². The quantitative estimate of drug-likeness (QED) is 0.186. The van der Waals surface area contributed by atoms with E-state index in [1.165, 1.54) is 5.56 Å². The molecule has 0 N–H and O–H groups in total. The number of amides is 2. The maximum absolute atomic E-state index is 13.5. The summed E-state index contributed by atoms with van der Waals surface area (Å²) in [6, 6.07) is 32.4. The summed E-state index contributed by atoms with van der Waals surface area (Å²) in [4.78, 5) is 40.9. The van der Waals surface area contributed by atoms with Crippen LogP contribution in [0.1, 0.15) is 51.3 Å². The van der Waals surface area contributed by atoms with Crippen LogP contribution in [0.5, 0.6) is 5.75 Å². The fourth-order valence-electron chi connectivity index (χ4n) is 4.75. The van der Waals surface area contributed by atoms with Crippen molar-refractivity contribution in [2.75, 3.05) is 0 Å². The van der Waals surface area contributed by atoms with E-state index in [2.05, 4.69) is 26.0 Å². The molecule has 184 valence electrons. The topological polar surface area (TPSA) is 63.7 Å². The third-order valence-corrected chi connectivity index (χ3v) is 6.97. The first-order chi connectivity index (χ1) is 17.9. The second-order valence-corrected chi connectivity index (χ2v) is 9.67. The van der Waals surface area contributed by atoms with Gasteiger partial charge in [-0.2, -0.15) is 0 Å². The van der Waals surface area contributed by atoms with Crippen molar-refractivity contribution in [1.82, 2.24) is 4.90 Å². The van der Waals surface area contributed by atoms with Crippen LogP contribution >= 0.6 is 0 Å². The first kappa shape index (κ1) is 24.2. The van der Waals surface area contributed by atoms with Gasteiger partial charge in [0.2, 0.25) is 0 Å². The van der Waals surface area contributed by atoms with Gasteiger partial charge in [0.1, 0.15) is 11.8 Å². The lowest BCUT2D eigenvalue weighted by atomic mass is 9.78. The van der Waals surface area contributed by atoms with Gasteiger partial charge < -0.3 is 4.74 Å². The van der Waals surface area contributed by atoms with Crippen LogP contribution in [-0.4, -0.2) is 28.7 Å². The van der Waals surface area contributed by atoms with E-state index in [-0.39, 0.29) is 11.8 Å². The first-order valence-electron chi connectivity index (χ1n) is 12.2. The number of fused-ring (bicyclic) bond motifs is 1. The van der Waals surface area contributed by atoms with Crippen LogP contribution in [0.2, 0.25) is 0 Å². The van der Waals surface area contributed by atoms with Crippen molar-refractivity contribution in [3.63, 3.8) is 0 Å². The Balaban J connectivity index is 1.41. The zero-order chi connectivity index (χ0) is 26.0. The summed E-state index contributed by atoms with van der Waals surface area (Å²) in [5.74, 6) is -1.28. The Morgan fingerprint density at radius 2 is 1.19 bits per heavy atom. The third kappa shape index (κ3) is 4.68. The Morgan fingerprint density at radius 3 is 1.76 bits per heavy atom. The Labute approximate surface area is 216 Å². The van der Waals surface area contributed by atoms with E-state index >= 15 is 0 Å². The van der Waals surface area contributed by atoms with Crippen LogP contribution in [0, 0.1) is 0 Å². The molecule has 1 aliphatic heterocycles.